The van der Waals surface area contributed by atoms with Crippen molar-refractivity contribution < 1.29 is 13.2 Å². The van der Waals surface area contributed by atoms with Gasteiger partial charge in [-0.2, -0.15) is 13.2 Å². The smallest absolute Gasteiger partial charge is 0.366 e. The van der Waals surface area contributed by atoms with Crippen molar-refractivity contribution >= 4 is 21.6 Å². The van der Waals surface area contributed by atoms with E-state index in [-0.39, 0.29) is 5.69 Å². The van der Waals surface area contributed by atoms with Crippen LogP contribution < -0.4 is 4.90 Å². The van der Waals surface area contributed by atoms with Crippen molar-refractivity contribution in [3.05, 3.63) is 63.6 Å². The van der Waals surface area contributed by atoms with Gasteiger partial charge in [-0.05, 0) is 35.7 Å². The largest absolute Gasteiger partial charge is 0.418 e. The van der Waals surface area contributed by atoms with E-state index in [0.29, 0.717) is 17.6 Å². The molecule has 0 saturated heterocycles. The van der Waals surface area contributed by atoms with E-state index < -0.39 is 11.7 Å². The molecule has 0 aromatic heterocycles. The Hall–Kier alpha value is -1.49. The number of nitrogens with zero attached hydrogens (tertiary/aromatic N) is 1. The van der Waals surface area contributed by atoms with E-state index in [2.05, 4.69) is 15.9 Å². The van der Waals surface area contributed by atoms with Gasteiger partial charge in [0.05, 0.1) is 5.56 Å². The van der Waals surface area contributed by atoms with Gasteiger partial charge in [-0.25, -0.2) is 0 Å². The molecule has 0 amide bonds. The molecule has 0 N–H and O–H groups in total. The van der Waals surface area contributed by atoms with E-state index in [1.54, 1.807) is 17.0 Å². The van der Waals surface area contributed by atoms with Gasteiger partial charge in [-0.3, -0.25) is 0 Å². The minimum atomic E-state index is -4.35. The molecule has 1 heterocycles. The summed E-state index contributed by atoms with van der Waals surface area (Å²) in [5.74, 6) is 0. The van der Waals surface area contributed by atoms with Crippen LogP contribution in [-0.4, -0.2) is 6.54 Å². The maximum absolute atomic E-state index is 13.2. The van der Waals surface area contributed by atoms with Crippen LogP contribution in [0.4, 0.5) is 18.9 Å². The molecule has 5 heteroatoms. The predicted molar refractivity (Wildman–Crippen MR) is 80.3 cm³/mol. The average Bonchev–Trinajstić information content (AvgIpc) is 2.46. The van der Waals surface area contributed by atoms with Gasteiger partial charge in [0, 0.05) is 23.2 Å². The summed E-state index contributed by atoms with van der Waals surface area (Å²) in [5, 5.41) is 0. The summed E-state index contributed by atoms with van der Waals surface area (Å²) in [6.07, 6.45) is -3.58. The Labute approximate surface area is 129 Å². The van der Waals surface area contributed by atoms with E-state index in [1.165, 1.54) is 5.56 Å². The molecule has 0 atom stereocenters. The molecule has 21 heavy (non-hydrogen) atoms. The lowest BCUT2D eigenvalue weighted by Gasteiger charge is -2.32. The fourth-order valence-electron chi connectivity index (χ4n) is 2.71. The van der Waals surface area contributed by atoms with Crippen molar-refractivity contribution in [1.29, 1.82) is 0 Å². The molecule has 0 spiro atoms. The van der Waals surface area contributed by atoms with Gasteiger partial charge < -0.3 is 4.90 Å². The van der Waals surface area contributed by atoms with Gasteiger partial charge in [0.25, 0.3) is 0 Å². The van der Waals surface area contributed by atoms with Crippen LogP contribution in [-0.2, 0) is 19.1 Å². The predicted octanol–water partition coefficient (Wildman–Crippen LogP) is 5.03. The van der Waals surface area contributed by atoms with Gasteiger partial charge in [-0.15, -0.1) is 0 Å². The number of rotatable bonds is 1. The van der Waals surface area contributed by atoms with E-state index in [0.717, 1.165) is 18.1 Å². The van der Waals surface area contributed by atoms with Gasteiger partial charge in [0.1, 0.15) is 0 Å². The monoisotopic (exact) mass is 355 g/mol. The molecule has 0 bridgehead atoms. The lowest BCUT2D eigenvalue weighted by Crippen LogP contribution is -2.32. The Morgan fingerprint density at radius 1 is 1.00 bits per heavy atom. The van der Waals surface area contributed by atoms with Crippen LogP contribution in [0.2, 0.25) is 0 Å². The molecule has 0 aliphatic carbocycles. The summed E-state index contributed by atoms with van der Waals surface area (Å²) in [7, 11) is 0. The molecule has 2 aromatic rings. The number of anilines is 1. The Morgan fingerprint density at radius 3 is 2.43 bits per heavy atom. The molecular formula is C16H13BrF3N. The Kier molecular flexibility index (Phi) is 3.69. The van der Waals surface area contributed by atoms with Gasteiger partial charge in [0.15, 0.2) is 0 Å². The van der Waals surface area contributed by atoms with Crippen molar-refractivity contribution in [3.8, 4) is 0 Å². The summed E-state index contributed by atoms with van der Waals surface area (Å²) in [4.78, 5) is 1.80. The summed E-state index contributed by atoms with van der Waals surface area (Å²) < 4.78 is 40.1. The number of fused-ring (bicyclic) bond motifs is 1. The van der Waals surface area contributed by atoms with Crippen LogP contribution in [0.1, 0.15) is 16.7 Å². The topological polar surface area (TPSA) is 3.24 Å². The van der Waals surface area contributed by atoms with Gasteiger partial charge in [0.2, 0.25) is 0 Å². The Bertz CT molecular complexity index is 667. The molecule has 0 saturated carbocycles. The van der Waals surface area contributed by atoms with Crippen molar-refractivity contribution in [3.63, 3.8) is 0 Å². The molecule has 1 aliphatic heterocycles. The van der Waals surface area contributed by atoms with Crippen LogP contribution in [0, 0.1) is 0 Å². The molecule has 0 fully saturated rings. The fourth-order valence-corrected chi connectivity index (χ4v) is 3.07. The van der Waals surface area contributed by atoms with Gasteiger partial charge >= 0.3 is 6.18 Å². The maximum Gasteiger partial charge on any atom is 0.418 e. The first-order valence-corrected chi connectivity index (χ1v) is 7.43. The molecule has 0 unspecified atom stereocenters. The first-order chi connectivity index (χ1) is 9.95. The summed E-state index contributed by atoms with van der Waals surface area (Å²) in [5.41, 5.74) is 1.98. The zero-order valence-corrected chi connectivity index (χ0v) is 12.7. The molecule has 110 valence electrons. The van der Waals surface area contributed by atoms with Gasteiger partial charge in [-0.1, -0.05) is 40.2 Å². The molecule has 2 aromatic carbocycles. The fraction of sp³-hybridized carbons (Fsp3) is 0.250. The summed E-state index contributed by atoms with van der Waals surface area (Å²) in [6, 6.07) is 12.3. The van der Waals surface area contributed by atoms with Crippen molar-refractivity contribution in [2.75, 3.05) is 11.4 Å². The average molecular weight is 356 g/mol. The molecular weight excluding hydrogens is 343 g/mol. The molecule has 1 aliphatic rings. The third-order valence-corrected chi connectivity index (χ3v) is 4.23. The highest BCUT2D eigenvalue weighted by atomic mass is 79.9. The van der Waals surface area contributed by atoms with E-state index >= 15 is 0 Å². The number of benzene rings is 2. The van der Waals surface area contributed by atoms with Crippen LogP contribution in [0.15, 0.2) is 46.9 Å². The number of hydrogen-bond donors (Lipinski definition) is 0. The first kappa shape index (κ1) is 14.4. The van der Waals surface area contributed by atoms with E-state index in [4.69, 9.17) is 0 Å². The SMILES string of the molecule is FC(F)(F)c1cc(Br)ccc1N1CCc2ccccc2C1. The quantitative estimate of drug-likeness (QED) is 0.693. The zero-order valence-electron chi connectivity index (χ0n) is 11.1. The Balaban J connectivity index is 1.99. The third kappa shape index (κ3) is 2.93. The highest BCUT2D eigenvalue weighted by Crippen LogP contribution is 2.39. The minimum Gasteiger partial charge on any atom is -0.366 e. The second-order valence-corrected chi connectivity index (χ2v) is 6.02. The second-order valence-electron chi connectivity index (χ2n) is 5.10. The molecule has 3 rings (SSSR count). The number of alkyl halides is 3. The maximum atomic E-state index is 13.2. The minimum absolute atomic E-state index is 0.250. The molecule has 0 radical (unpaired) electrons. The lowest BCUT2D eigenvalue weighted by molar-refractivity contribution is -0.137. The van der Waals surface area contributed by atoms with Crippen molar-refractivity contribution in [2.45, 2.75) is 19.1 Å². The zero-order chi connectivity index (χ0) is 15.0. The second kappa shape index (κ2) is 5.37. The lowest BCUT2D eigenvalue weighted by atomic mass is 9.98. The van der Waals surface area contributed by atoms with Crippen LogP contribution in [0.5, 0.6) is 0 Å². The first-order valence-electron chi connectivity index (χ1n) is 6.63. The summed E-state index contributed by atoms with van der Waals surface area (Å²) >= 11 is 3.12. The highest BCUT2D eigenvalue weighted by Gasteiger charge is 2.35. The normalized spacial score (nSPS) is 15.0. The number of hydrogen-bond acceptors (Lipinski definition) is 1. The van der Waals surface area contributed by atoms with E-state index in [9.17, 15) is 13.2 Å². The van der Waals surface area contributed by atoms with Crippen molar-refractivity contribution in [1.82, 2.24) is 0 Å². The third-order valence-electron chi connectivity index (χ3n) is 3.74. The van der Waals surface area contributed by atoms with Crippen LogP contribution >= 0.6 is 15.9 Å². The van der Waals surface area contributed by atoms with Crippen LogP contribution in [0.3, 0.4) is 0 Å². The highest BCUT2D eigenvalue weighted by molar-refractivity contribution is 9.10. The summed E-state index contributed by atoms with van der Waals surface area (Å²) in [6.45, 7) is 1.11. The van der Waals surface area contributed by atoms with Crippen molar-refractivity contribution in [2.24, 2.45) is 0 Å². The molecule has 1 nitrogen and oxygen atoms in total. The Morgan fingerprint density at radius 2 is 1.71 bits per heavy atom. The number of halogens is 4. The van der Waals surface area contributed by atoms with Crippen LogP contribution in [0.25, 0.3) is 0 Å². The van der Waals surface area contributed by atoms with E-state index in [1.807, 2.05) is 24.3 Å². The standard InChI is InChI=1S/C16H13BrF3N/c17-13-5-6-15(14(9-13)16(18,19)20)21-8-7-11-3-1-2-4-12(11)10-21/h1-6,9H,7-8,10H2.